The van der Waals surface area contributed by atoms with Gasteiger partial charge in [-0.1, -0.05) is 6.07 Å². The topological polar surface area (TPSA) is 130 Å². The number of nitrogens with one attached hydrogen (secondary N) is 2. The summed E-state index contributed by atoms with van der Waals surface area (Å²) in [5.41, 5.74) is 1.18. The number of aryl methyl sites for hydroxylation is 1. The first-order chi connectivity index (χ1) is 14.3. The maximum absolute atomic E-state index is 14.4. The van der Waals surface area contributed by atoms with E-state index in [4.69, 9.17) is 5.26 Å². The minimum absolute atomic E-state index is 0.0551. The quantitative estimate of drug-likeness (QED) is 0.742. The molecule has 0 saturated carbocycles. The summed E-state index contributed by atoms with van der Waals surface area (Å²) in [6, 6.07) is 7.04. The van der Waals surface area contributed by atoms with Crippen LogP contribution in [0, 0.1) is 40.4 Å². The summed E-state index contributed by atoms with van der Waals surface area (Å²) in [7, 11) is 0. The van der Waals surface area contributed by atoms with E-state index < -0.39 is 35.6 Å². The molecule has 3 rings (SSSR count). The second-order valence-electron chi connectivity index (χ2n) is 7.60. The summed E-state index contributed by atoms with van der Waals surface area (Å²) < 4.78 is 14.9. The predicted octanol–water partition coefficient (Wildman–Crippen LogP) is 1.78. The second-order valence-corrected chi connectivity index (χ2v) is 7.60. The zero-order valence-electron chi connectivity index (χ0n) is 16.6. The van der Waals surface area contributed by atoms with Crippen LogP contribution < -0.4 is 10.9 Å². The lowest BCUT2D eigenvalue weighted by Crippen LogP contribution is -2.55. The van der Waals surface area contributed by atoms with Crippen LogP contribution in [0.4, 0.5) is 4.39 Å². The third-order valence-electron chi connectivity index (χ3n) is 5.57. The van der Waals surface area contributed by atoms with E-state index in [-0.39, 0.29) is 24.9 Å². The fraction of sp³-hybridized carbons (Fsp3) is 0.429. The van der Waals surface area contributed by atoms with Gasteiger partial charge in [0.2, 0.25) is 12.5 Å². The first-order valence-electron chi connectivity index (χ1n) is 9.58. The Bertz CT molecular complexity index is 1160. The van der Waals surface area contributed by atoms with Gasteiger partial charge in [0, 0.05) is 32.6 Å². The number of carbonyl (C=O) groups excluding carboxylic acids is 1. The number of halogens is 1. The van der Waals surface area contributed by atoms with Crippen molar-refractivity contribution in [2.45, 2.75) is 44.9 Å². The van der Waals surface area contributed by atoms with Crippen LogP contribution in [0.25, 0.3) is 10.9 Å². The number of carbonyl (C=O) groups is 1. The van der Waals surface area contributed by atoms with Crippen LogP contribution in [-0.4, -0.2) is 40.5 Å². The van der Waals surface area contributed by atoms with Gasteiger partial charge >= 0.3 is 0 Å². The standard InChI is InChI=1S/C21H20FN5O3/c1-11-15(21(29)26-17-5-3-4-14(9-24)19(11)17)7-18(28)25-12(2)20-16(22)6-13(8-23)10-27(20)30/h3-5,12-13,16,20H,6-7,10H2,1-2H3,(H-,25,26,28,29)/p+1/t12-,13?,16?,20?/m0/s1. The number of aromatic nitrogens is 1. The molecule has 1 aliphatic heterocycles. The molecule has 4 atom stereocenters. The molecule has 1 saturated heterocycles. The molecule has 154 valence electrons. The summed E-state index contributed by atoms with van der Waals surface area (Å²) in [5, 5.41) is 21.4. The number of aromatic amines is 1. The van der Waals surface area contributed by atoms with Crippen LogP contribution in [-0.2, 0) is 11.2 Å². The molecule has 2 N–H and O–H groups in total. The zero-order chi connectivity index (χ0) is 22.0. The highest BCUT2D eigenvalue weighted by Gasteiger charge is 2.47. The Morgan fingerprint density at radius 1 is 1.43 bits per heavy atom. The number of nitriles is 2. The zero-order valence-corrected chi connectivity index (χ0v) is 16.6. The average Bonchev–Trinajstić information content (AvgIpc) is 2.69. The molecule has 1 aromatic heterocycles. The smallest absolute Gasteiger partial charge is 0.252 e. The molecule has 9 heteroatoms. The van der Waals surface area contributed by atoms with Gasteiger partial charge in [0.25, 0.3) is 11.6 Å². The van der Waals surface area contributed by atoms with Crippen molar-refractivity contribution in [2.24, 2.45) is 5.92 Å². The molecule has 0 aliphatic carbocycles. The molecular weight excluding hydrogens is 389 g/mol. The van der Waals surface area contributed by atoms with E-state index in [0.717, 1.165) is 0 Å². The number of rotatable bonds is 4. The molecule has 2 aromatic rings. The van der Waals surface area contributed by atoms with E-state index in [9.17, 15) is 24.1 Å². The lowest BCUT2D eigenvalue weighted by molar-refractivity contribution is -0.610. The number of hydrogen-bond donors (Lipinski definition) is 2. The van der Waals surface area contributed by atoms with E-state index in [1.54, 1.807) is 25.1 Å². The van der Waals surface area contributed by atoms with Crippen molar-refractivity contribution in [1.82, 2.24) is 10.3 Å². The molecule has 1 fully saturated rings. The van der Waals surface area contributed by atoms with Gasteiger partial charge in [-0.15, -0.1) is 0 Å². The Balaban J connectivity index is 1.81. The van der Waals surface area contributed by atoms with Crippen molar-refractivity contribution < 1.29 is 13.9 Å². The molecule has 1 aliphatic rings. The summed E-state index contributed by atoms with van der Waals surface area (Å²) in [6.07, 6.45) is -1.87. The molecule has 2 heterocycles. The average molecular weight is 410 g/mol. The van der Waals surface area contributed by atoms with Gasteiger partial charge in [-0.2, -0.15) is 10.5 Å². The van der Waals surface area contributed by atoms with E-state index in [1.165, 1.54) is 6.92 Å². The number of piperidine rings is 1. The first-order valence-corrected chi connectivity index (χ1v) is 9.58. The molecule has 0 spiro atoms. The molecule has 30 heavy (non-hydrogen) atoms. The number of alkyl halides is 1. The Morgan fingerprint density at radius 3 is 2.80 bits per heavy atom. The summed E-state index contributed by atoms with van der Waals surface area (Å²) in [4.78, 5) is 39.9. The highest BCUT2D eigenvalue weighted by molar-refractivity contribution is 5.90. The molecule has 1 aromatic carbocycles. The molecule has 0 radical (unpaired) electrons. The number of pyridine rings is 1. The Kier molecular flexibility index (Phi) is 5.93. The summed E-state index contributed by atoms with van der Waals surface area (Å²) in [6.45, 7) is 3.09. The van der Waals surface area contributed by atoms with E-state index in [1.807, 2.05) is 6.07 Å². The van der Waals surface area contributed by atoms with Gasteiger partial charge < -0.3 is 10.3 Å². The number of amides is 1. The minimum atomic E-state index is -1.54. The molecule has 0 bridgehead atoms. The van der Waals surface area contributed by atoms with E-state index in [0.29, 0.717) is 26.8 Å². The lowest BCUT2D eigenvalue weighted by Gasteiger charge is -2.26. The van der Waals surface area contributed by atoms with Crippen molar-refractivity contribution in [3.8, 4) is 12.1 Å². The normalized spacial score (nSPS) is 22.2. The Hall–Kier alpha value is -3.59. The largest absolute Gasteiger partial charge is 0.346 e. The number of hydrogen-bond acceptors (Lipinski definition) is 5. The predicted molar refractivity (Wildman–Crippen MR) is 106 cm³/mol. The number of benzene rings is 1. The fourth-order valence-electron chi connectivity index (χ4n) is 4.10. The van der Waals surface area contributed by atoms with Crippen molar-refractivity contribution in [1.29, 1.82) is 10.5 Å². The minimum Gasteiger partial charge on any atom is -0.346 e. The number of H-pyrrole nitrogens is 1. The van der Waals surface area contributed by atoms with Crippen molar-refractivity contribution in [3.63, 3.8) is 0 Å². The van der Waals surface area contributed by atoms with Crippen molar-refractivity contribution in [3.05, 3.63) is 50.2 Å². The summed E-state index contributed by atoms with van der Waals surface area (Å²) >= 11 is 0. The Labute approximate surface area is 171 Å². The van der Waals surface area contributed by atoms with Crippen LogP contribution >= 0.6 is 0 Å². The van der Waals surface area contributed by atoms with E-state index in [2.05, 4.69) is 16.4 Å². The lowest BCUT2D eigenvalue weighted by atomic mass is 9.90. The third-order valence-corrected chi connectivity index (χ3v) is 5.57. The van der Waals surface area contributed by atoms with Gasteiger partial charge in [-0.05, 0) is 31.5 Å². The van der Waals surface area contributed by atoms with Gasteiger partial charge in [0.1, 0.15) is 5.92 Å². The van der Waals surface area contributed by atoms with Gasteiger partial charge in [-0.3, -0.25) is 9.59 Å². The number of nitrogens with zero attached hydrogens (tertiary/aromatic N) is 3. The van der Waals surface area contributed by atoms with Crippen LogP contribution in [0.3, 0.4) is 0 Å². The van der Waals surface area contributed by atoms with Crippen LogP contribution in [0.1, 0.15) is 30.0 Å². The van der Waals surface area contributed by atoms with Crippen LogP contribution in [0.15, 0.2) is 23.0 Å². The molecule has 8 nitrogen and oxygen atoms in total. The summed E-state index contributed by atoms with van der Waals surface area (Å²) in [5.74, 6) is -1.21. The van der Waals surface area contributed by atoms with Crippen LogP contribution in [0.2, 0.25) is 0 Å². The maximum Gasteiger partial charge on any atom is 0.252 e. The Morgan fingerprint density at radius 2 is 2.17 bits per heavy atom. The van der Waals surface area contributed by atoms with Gasteiger partial charge in [0.15, 0.2) is 6.17 Å². The highest BCUT2D eigenvalue weighted by atomic mass is 19.1. The SMILES string of the molecule is Cc1c(CC(=O)N[C@@H](C)C2C(F)CC(C#N)C[N+]2=O)c(=O)[nH]c2cccc(C#N)c12. The van der Waals surface area contributed by atoms with E-state index >= 15 is 0 Å². The number of nitroso groups, excluding NO2 is 1. The highest BCUT2D eigenvalue weighted by Crippen LogP contribution is 2.24. The second kappa shape index (κ2) is 8.42. The molecule has 3 unspecified atom stereocenters. The third kappa shape index (κ3) is 3.92. The van der Waals surface area contributed by atoms with Crippen molar-refractivity contribution >= 4 is 16.8 Å². The van der Waals surface area contributed by atoms with Crippen molar-refractivity contribution in [2.75, 3.05) is 6.54 Å². The van der Waals surface area contributed by atoms with Gasteiger partial charge in [-0.25, -0.2) is 4.39 Å². The maximum atomic E-state index is 14.4. The molecule has 1 amide bonds. The monoisotopic (exact) mass is 410 g/mol. The molecular formula is C21H21FN5O3+. The fourth-order valence-corrected chi connectivity index (χ4v) is 4.10. The van der Waals surface area contributed by atoms with Gasteiger partial charge in [0.05, 0.1) is 30.2 Å². The number of fused-ring (bicyclic) bond motifs is 1. The van der Waals surface area contributed by atoms with Crippen LogP contribution in [0.5, 0.6) is 0 Å². The first kappa shape index (κ1) is 21.1.